The van der Waals surface area contributed by atoms with Crippen molar-refractivity contribution in [3.63, 3.8) is 0 Å². The zero-order chi connectivity index (χ0) is 21.1. The predicted octanol–water partition coefficient (Wildman–Crippen LogP) is 4.54. The molecule has 0 radical (unpaired) electrons. The number of hydrogen-bond donors (Lipinski definition) is 0. The molecule has 0 fully saturated rings. The van der Waals surface area contributed by atoms with Gasteiger partial charge in [-0.2, -0.15) is 8.78 Å². The first-order valence-corrected chi connectivity index (χ1v) is 10.5. The lowest BCUT2D eigenvalue weighted by Gasteiger charge is -2.35. The van der Waals surface area contributed by atoms with E-state index in [0.717, 1.165) is 0 Å². The van der Waals surface area contributed by atoms with Crippen molar-refractivity contribution in [3.8, 4) is 0 Å². The number of alkyl halides is 2. The number of rotatable bonds is 13. The third kappa shape index (κ3) is 8.66. The van der Waals surface area contributed by atoms with Crippen molar-refractivity contribution in [2.45, 2.75) is 66.0 Å². The van der Waals surface area contributed by atoms with Gasteiger partial charge >= 0.3 is 25.2 Å². The van der Waals surface area contributed by atoms with Crippen molar-refractivity contribution in [1.82, 2.24) is 0 Å². The molecule has 0 aromatic carbocycles. The van der Waals surface area contributed by atoms with Crippen LogP contribution in [0.2, 0.25) is 0 Å². The fraction of sp³-hybridized carbons (Fsp3) is 0.882. The first-order valence-electron chi connectivity index (χ1n) is 8.99. The normalized spacial score (nSPS) is 12.7. The Morgan fingerprint density at radius 2 is 1.22 bits per heavy atom. The lowest BCUT2D eigenvalue weighted by molar-refractivity contribution is -0.144. The largest absolute Gasteiger partial charge is 0.466 e. The van der Waals surface area contributed by atoms with E-state index in [1.807, 2.05) is 0 Å². The summed E-state index contributed by atoms with van der Waals surface area (Å²) in [4.78, 5) is 22.6. The molecule has 0 spiro atoms. The van der Waals surface area contributed by atoms with E-state index in [9.17, 15) is 22.9 Å². The molecule has 0 aliphatic carbocycles. The molecule has 10 heteroatoms. The third-order valence-corrected chi connectivity index (χ3v) is 5.83. The zero-order valence-corrected chi connectivity index (χ0v) is 17.6. The number of carbonyl (C=O) groups excluding carboxylic acids is 2. The molecule has 0 saturated heterocycles. The van der Waals surface area contributed by atoms with Gasteiger partial charge in [0, 0.05) is 18.3 Å². The molecule has 0 atom stereocenters. The van der Waals surface area contributed by atoms with Crippen molar-refractivity contribution in [2.75, 3.05) is 26.4 Å². The van der Waals surface area contributed by atoms with Crippen molar-refractivity contribution in [3.05, 3.63) is 0 Å². The second-order valence-electron chi connectivity index (χ2n) is 6.77. The van der Waals surface area contributed by atoms with Gasteiger partial charge in [0.1, 0.15) is 0 Å². The minimum atomic E-state index is -4.83. The maximum atomic E-state index is 14.7. The molecule has 0 saturated carbocycles. The molecule has 0 N–H and O–H groups in total. The third-order valence-electron chi connectivity index (χ3n) is 3.43. The summed E-state index contributed by atoms with van der Waals surface area (Å²) in [6.45, 7) is 6.71. The van der Waals surface area contributed by atoms with E-state index in [-0.39, 0.29) is 52.1 Å². The van der Waals surface area contributed by atoms with Gasteiger partial charge in [0.2, 0.25) is 0 Å². The van der Waals surface area contributed by atoms with Gasteiger partial charge in [0.15, 0.2) is 0 Å². The molecule has 7 nitrogen and oxygen atoms in total. The zero-order valence-electron chi connectivity index (χ0n) is 16.7. The maximum absolute atomic E-state index is 14.7. The van der Waals surface area contributed by atoms with Gasteiger partial charge in [-0.15, -0.1) is 0 Å². The van der Waals surface area contributed by atoms with Crippen LogP contribution in [0.25, 0.3) is 0 Å². The van der Waals surface area contributed by atoms with Gasteiger partial charge in [-0.1, -0.05) is 20.8 Å². The fourth-order valence-electron chi connectivity index (χ4n) is 1.88. The Labute approximate surface area is 159 Å². The lowest BCUT2D eigenvalue weighted by atomic mass is 9.97. The molecule has 27 heavy (non-hydrogen) atoms. The fourth-order valence-corrected chi connectivity index (χ4v) is 3.84. The molecule has 0 amide bonds. The van der Waals surface area contributed by atoms with E-state index in [1.165, 1.54) is 20.8 Å². The Morgan fingerprint density at radius 3 is 1.52 bits per heavy atom. The predicted molar refractivity (Wildman–Crippen MR) is 95.6 cm³/mol. The molecule has 0 aromatic rings. The van der Waals surface area contributed by atoms with Gasteiger partial charge in [0.25, 0.3) is 0 Å². The SMILES string of the molecule is CCOC(=O)CCCOP(=O)(OCCCC(=O)OCC)C(F)(F)C(C)(C)C. The van der Waals surface area contributed by atoms with Crippen LogP contribution in [0.4, 0.5) is 8.78 Å². The Bertz CT molecular complexity index is 488. The van der Waals surface area contributed by atoms with E-state index in [4.69, 9.17) is 18.5 Å². The molecule has 0 heterocycles. The van der Waals surface area contributed by atoms with Crippen LogP contribution in [-0.4, -0.2) is 44.0 Å². The average molecular weight is 416 g/mol. The smallest absolute Gasteiger partial charge is 0.400 e. The summed E-state index contributed by atoms with van der Waals surface area (Å²) in [7, 11) is -4.83. The number of ether oxygens (including phenoxy) is 2. The second-order valence-corrected chi connectivity index (χ2v) is 8.85. The Hall–Kier alpha value is -1.05. The molecule has 160 valence electrons. The quantitative estimate of drug-likeness (QED) is 0.247. The van der Waals surface area contributed by atoms with Gasteiger partial charge in [-0.3, -0.25) is 14.2 Å². The van der Waals surface area contributed by atoms with E-state index in [2.05, 4.69) is 0 Å². The highest BCUT2D eigenvalue weighted by atomic mass is 31.2. The average Bonchev–Trinajstić information content (AvgIpc) is 2.55. The number of carbonyl (C=O) groups is 2. The highest BCUT2D eigenvalue weighted by molar-refractivity contribution is 7.55. The number of hydrogen-bond acceptors (Lipinski definition) is 7. The van der Waals surface area contributed by atoms with Crippen molar-refractivity contribution < 1.29 is 41.5 Å². The van der Waals surface area contributed by atoms with E-state index in [1.54, 1.807) is 13.8 Å². The van der Waals surface area contributed by atoms with Gasteiger partial charge in [-0.25, -0.2) is 0 Å². The molecule has 0 aliphatic rings. The first-order chi connectivity index (χ1) is 12.4. The minimum absolute atomic E-state index is 0.0439. The van der Waals surface area contributed by atoms with Crippen LogP contribution in [0, 0.1) is 5.41 Å². The standard InChI is InChI=1S/C17H31F2O7P/c1-6-23-14(20)10-8-12-25-27(22,17(18,19)16(3,4)5)26-13-9-11-15(21)24-7-2/h6-13H2,1-5H3. The highest BCUT2D eigenvalue weighted by Crippen LogP contribution is 2.68. The lowest BCUT2D eigenvalue weighted by Crippen LogP contribution is -2.35. The van der Waals surface area contributed by atoms with Crippen LogP contribution in [0.3, 0.4) is 0 Å². The van der Waals surface area contributed by atoms with Crippen LogP contribution >= 0.6 is 7.60 Å². The molecular weight excluding hydrogens is 385 g/mol. The summed E-state index contributed by atoms with van der Waals surface area (Å²) in [6, 6.07) is 0. The highest BCUT2D eigenvalue weighted by Gasteiger charge is 2.61. The van der Waals surface area contributed by atoms with E-state index < -0.39 is 30.6 Å². The molecule has 0 rings (SSSR count). The summed E-state index contributed by atoms with van der Waals surface area (Å²) in [6.07, 6.45) is 0.0417. The molecule has 0 aliphatic heterocycles. The van der Waals surface area contributed by atoms with Crippen molar-refractivity contribution in [2.24, 2.45) is 5.41 Å². The molecule has 0 aromatic heterocycles. The van der Waals surface area contributed by atoms with E-state index in [0.29, 0.717) is 0 Å². The minimum Gasteiger partial charge on any atom is -0.466 e. The summed E-state index contributed by atoms with van der Waals surface area (Å²) < 4.78 is 61.6. The van der Waals surface area contributed by atoms with E-state index >= 15 is 0 Å². The summed E-state index contributed by atoms with van der Waals surface area (Å²) >= 11 is 0. The topological polar surface area (TPSA) is 88.1 Å². The van der Waals surface area contributed by atoms with Gasteiger partial charge in [0.05, 0.1) is 26.4 Å². The Kier molecular flexibility index (Phi) is 11.3. The van der Waals surface area contributed by atoms with Crippen molar-refractivity contribution >= 4 is 19.5 Å². The van der Waals surface area contributed by atoms with Gasteiger partial charge < -0.3 is 18.5 Å². The summed E-state index contributed by atoms with van der Waals surface area (Å²) in [5.41, 5.74) is -5.43. The molecule has 0 unspecified atom stereocenters. The molecule has 0 bridgehead atoms. The van der Waals surface area contributed by atoms with Crippen LogP contribution < -0.4 is 0 Å². The van der Waals surface area contributed by atoms with Gasteiger partial charge in [-0.05, 0) is 26.7 Å². The number of halogens is 2. The summed E-state index contributed by atoms with van der Waals surface area (Å²) in [5, 5.41) is 0. The second kappa shape index (κ2) is 11.7. The van der Waals surface area contributed by atoms with Crippen molar-refractivity contribution in [1.29, 1.82) is 0 Å². The van der Waals surface area contributed by atoms with Crippen LogP contribution in [0.1, 0.15) is 60.3 Å². The van der Waals surface area contributed by atoms with Crippen LogP contribution in [0.5, 0.6) is 0 Å². The monoisotopic (exact) mass is 416 g/mol. The summed E-state index contributed by atoms with van der Waals surface area (Å²) in [5.74, 6) is -0.984. The number of esters is 2. The van der Waals surface area contributed by atoms with Crippen LogP contribution in [0.15, 0.2) is 0 Å². The Morgan fingerprint density at radius 1 is 0.852 bits per heavy atom. The van der Waals surface area contributed by atoms with Crippen LogP contribution in [-0.2, 0) is 32.7 Å². The maximum Gasteiger partial charge on any atom is 0.400 e. The first kappa shape index (κ1) is 26.0. The molecular formula is C17H31F2O7P. The Balaban J connectivity index is 4.85.